The Morgan fingerprint density at radius 1 is 0.307 bits per heavy atom. The van der Waals surface area contributed by atoms with Crippen LogP contribution in [-0.4, -0.2) is 96.7 Å². The molecule has 0 aromatic rings. The van der Waals surface area contributed by atoms with Crippen LogP contribution in [0.2, 0.25) is 0 Å². The number of ether oxygens (including phenoxy) is 4. The predicted molar refractivity (Wildman–Crippen MR) is 354 cm³/mol. The predicted octanol–water partition coefficient (Wildman–Crippen LogP) is 19.6. The second kappa shape index (κ2) is 61.3. The van der Waals surface area contributed by atoms with Crippen molar-refractivity contribution in [2.75, 3.05) is 39.6 Å². The topological polar surface area (TPSA) is 237 Å². The Morgan fingerprint density at radius 2 is 0.523 bits per heavy atom. The molecule has 0 bridgehead atoms. The summed E-state index contributed by atoms with van der Waals surface area (Å²) in [6.45, 7) is 9.40. The highest BCUT2D eigenvalue weighted by Gasteiger charge is 2.30. The van der Waals surface area contributed by atoms with E-state index in [2.05, 4.69) is 41.5 Å². The molecule has 0 amide bonds. The van der Waals surface area contributed by atoms with Crippen molar-refractivity contribution in [3.05, 3.63) is 0 Å². The summed E-state index contributed by atoms with van der Waals surface area (Å²) < 4.78 is 68.0. The van der Waals surface area contributed by atoms with Crippen LogP contribution in [0.5, 0.6) is 0 Å². The fourth-order valence-electron chi connectivity index (χ4n) is 10.4. The summed E-state index contributed by atoms with van der Waals surface area (Å²) in [5.74, 6) is -0.661. The van der Waals surface area contributed by atoms with E-state index in [1.54, 1.807) is 0 Å². The van der Waals surface area contributed by atoms with Crippen molar-refractivity contribution in [1.29, 1.82) is 0 Å². The lowest BCUT2D eigenvalue weighted by molar-refractivity contribution is -0.161. The first-order valence-electron chi connectivity index (χ1n) is 36.0. The number of aliphatic hydroxyl groups is 1. The second-order valence-corrected chi connectivity index (χ2v) is 28.8. The quantitative estimate of drug-likeness (QED) is 0.0222. The number of hydrogen-bond donors (Lipinski definition) is 3. The first-order valence-corrected chi connectivity index (χ1v) is 39.0. The third-order valence-corrected chi connectivity index (χ3v) is 17.9. The van der Waals surface area contributed by atoms with Gasteiger partial charge in [0, 0.05) is 25.7 Å². The van der Waals surface area contributed by atoms with Gasteiger partial charge in [-0.05, 0) is 37.5 Å². The third-order valence-electron chi connectivity index (χ3n) is 16.0. The maximum Gasteiger partial charge on any atom is 0.472 e. The maximum absolute atomic E-state index is 13.0. The molecule has 3 N–H and O–H groups in total. The highest BCUT2D eigenvalue weighted by atomic mass is 31.2. The fourth-order valence-corrected chi connectivity index (χ4v) is 12.0. The molecule has 0 aromatic heterocycles. The molecule has 0 saturated heterocycles. The molecule has 0 spiro atoms. The molecule has 2 unspecified atom stereocenters. The van der Waals surface area contributed by atoms with Crippen molar-refractivity contribution < 1.29 is 80.2 Å². The molecular weight excluding hydrogens is 1160 g/mol. The number of phosphoric ester groups is 2. The molecule has 0 aromatic carbocycles. The zero-order chi connectivity index (χ0) is 65.0. The van der Waals surface area contributed by atoms with E-state index in [0.717, 1.165) is 102 Å². The summed E-state index contributed by atoms with van der Waals surface area (Å²) in [6.07, 6.45) is 46.4. The van der Waals surface area contributed by atoms with Gasteiger partial charge in [-0.2, -0.15) is 0 Å². The van der Waals surface area contributed by atoms with Gasteiger partial charge < -0.3 is 33.8 Å². The Bertz CT molecular complexity index is 1720. The number of hydrogen-bond acceptors (Lipinski definition) is 15. The Labute approximate surface area is 537 Å². The smallest absolute Gasteiger partial charge is 0.462 e. The van der Waals surface area contributed by atoms with E-state index >= 15 is 0 Å². The normalized spacial score (nSPS) is 14.2. The molecule has 0 aliphatic heterocycles. The molecule has 5 atom stereocenters. The molecule has 0 saturated carbocycles. The average molecular weight is 1300 g/mol. The van der Waals surface area contributed by atoms with E-state index in [9.17, 15) is 43.2 Å². The number of unbranched alkanes of at least 4 members (excludes halogenated alkanes) is 38. The Morgan fingerprint density at radius 3 is 0.773 bits per heavy atom. The number of rotatable bonds is 68. The van der Waals surface area contributed by atoms with Gasteiger partial charge in [0.1, 0.15) is 19.3 Å². The van der Waals surface area contributed by atoms with E-state index in [4.69, 9.17) is 37.0 Å². The minimum absolute atomic E-state index is 0.103. The number of carbonyl (C=O) groups is 4. The van der Waals surface area contributed by atoms with Crippen LogP contribution in [0, 0.1) is 11.8 Å². The monoisotopic (exact) mass is 1300 g/mol. The zero-order valence-corrected chi connectivity index (χ0v) is 58.8. The summed E-state index contributed by atoms with van der Waals surface area (Å²) in [7, 11) is -9.89. The molecule has 88 heavy (non-hydrogen) atoms. The van der Waals surface area contributed by atoms with Gasteiger partial charge in [-0.25, -0.2) is 9.13 Å². The van der Waals surface area contributed by atoms with Gasteiger partial charge in [0.2, 0.25) is 0 Å². The molecule has 522 valence electrons. The zero-order valence-electron chi connectivity index (χ0n) is 57.0. The van der Waals surface area contributed by atoms with Crippen LogP contribution >= 0.6 is 15.6 Å². The Hall–Kier alpha value is -1.94. The molecule has 17 nitrogen and oxygen atoms in total. The van der Waals surface area contributed by atoms with Crippen LogP contribution in [0.4, 0.5) is 0 Å². The molecule has 0 aliphatic rings. The van der Waals surface area contributed by atoms with Gasteiger partial charge in [-0.3, -0.25) is 37.3 Å². The maximum atomic E-state index is 13.0. The molecule has 19 heteroatoms. The molecule has 0 heterocycles. The van der Waals surface area contributed by atoms with Crippen molar-refractivity contribution in [3.8, 4) is 0 Å². The van der Waals surface area contributed by atoms with E-state index in [1.807, 2.05) is 0 Å². The summed E-state index contributed by atoms with van der Waals surface area (Å²) >= 11 is 0. The summed E-state index contributed by atoms with van der Waals surface area (Å²) in [5, 5.41) is 10.5. The van der Waals surface area contributed by atoms with Gasteiger partial charge in [0.15, 0.2) is 12.2 Å². The highest BCUT2D eigenvalue weighted by Crippen LogP contribution is 2.45. The molecule has 0 rings (SSSR count). The van der Waals surface area contributed by atoms with Crippen LogP contribution in [0.3, 0.4) is 0 Å². The number of esters is 4. The first kappa shape index (κ1) is 86.1. The van der Waals surface area contributed by atoms with E-state index in [-0.39, 0.29) is 25.7 Å². The van der Waals surface area contributed by atoms with Gasteiger partial charge in [0.05, 0.1) is 26.4 Å². The molecule has 0 aliphatic carbocycles. The second-order valence-electron chi connectivity index (χ2n) is 25.9. The third kappa shape index (κ3) is 62.8. The van der Waals surface area contributed by atoms with Crippen molar-refractivity contribution in [1.82, 2.24) is 0 Å². The number of aliphatic hydroxyl groups excluding tert-OH is 1. The SMILES string of the molecule is CCCCCCCCCCCCCCCCCCCCC(=O)O[C@H](COC(=O)CCCCCCCCCCCCCCC(C)C)COP(=O)(O)OC[C@@H](O)COP(=O)(O)OC[C@@H](COC(=O)CCCCCCC)OC(=O)CCCCCCCCCC(C)C. The van der Waals surface area contributed by atoms with E-state index in [0.29, 0.717) is 31.6 Å². The van der Waals surface area contributed by atoms with Gasteiger partial charge in [-0.15, -0.1) is 0 Å². The van der Waals surface area contributed by atoms with Gasteiger partial charge in [0.25, 0.3) is 0 Å². The van der Waals surface area contributed by atoms with Gasteiger partial charge >= 0.3 is 39.5 Å². The average Bonchev–Trinajstić information content (AvgIpc) is 3.58. The summed E-state index contributed by atoms with van der Waals surface area (Å²) in [4.78, 5) is 72.2. The first-order chi connectivity index (χ1) is 42.4. The molecule has 0 radical (unpaired) electrons. The van der Waals surface area contributed by atoms with E-state index in [1.165, 1.54) is 161 Å². The molecule has 0 fully saturated rings. The van der Waals surface area contributed by atoms with Crippen molar-refractivity contribution in [3.63, 3.8) is 0 Å². The van der Waals surface area contributed by atoms with Crippen molar-refractivity contribution >= 4 is 39.5 Å². The van der Waals surface area contributed by atoms with E-state index < -0.39 is 97.5 Å². The highest BCUT2D eigenvalue weighted by molar-refractivity contribution is 7.47. The van der Waals surface area contributed by atoms with Crippen LogP contribution < -0.4 is 0 Å². The fraction of sp³-hybridized carbons (Fsp3) is 0.942. The molecular formula is C69H134O17P2. The number of carbonyl (C=O) groups excluding carboxylic acids is 4. The lowest BCUT2D eigenvalue weighted by atomic mass is 10.0. The lowest BCUT2D eigenvalue weighted by Gasteiger charge is -2.21. The standard InChI is InChI=1S/C69H134O17P2/c1-7-9-11-13-14-15-16-17-18-19-20-21-22-27-30-35-41-47-53-68(73)86-65(58-80-67(72)52-46-40-34-29-26-24-23-25-28-32-38-43-49-61(3)4)60-84-88(77,78)82-56-63(70)55-81-87(75,76)83-59-64(57-79-66(71)51-45-37-12-10-8-2)85-69(74)54-48-42-36-31-33-39-44-50-62(5)6/h61-65,70H,7-60H2,1-6H3,(H,75,76)(H,77,78)/t63-,64+,65+/m0/s1. The van der Waals surface area contributed by atoms with Gasteiger partial charge in [-0.1, -0.05) is 298 Å². The Kier molecular flexibility index (Phi) is 59.9. The van der Waals surface area contributed by atoms with Crippen LogP contribution in [0.15, 0.2) is 0 Å². The summed E-state index contributed by atoms with van der Waals surface area (Å²) in [6, 6.07) is 0. The largest absolute Gasteiger partial charge is 0.472 e. The number of phosphoric acid groups is 2. The van der Waals surface area contributed by atoms with Crippen LogP contribution in [-0.2, 0) is 65.4 Å². The summed E-state index contributed by atoms with van der Waals surface area (Å²) in [5.41, 5.74) is 0. The minimum Gasteiger partial charge on any atom is -0.462 e. The Balaban J connectivity index is 5.15. The van der Waals surface area contributed by atoms with Crippen molar-refractivity contribution in [2.45, 2.75) is 368 Å². The van der Waals surface area contributed by atoms with Crippen LogP contribution in [0.1, 0.15) is 350 Å². The minimum atomic E-state index is -4.95. The lowest BCUT2D eigenvalue weighted by Crippen LogP contribution is -2.30. The van der Waals surface area contributed by atoms with Crippen molar-refractivity contribution in [2.24, 2.45) is 11.8 Å². The van der Waals surface area contributed by atoms with Crippen LogP contribution in [0.25, 0.3) is 0 Å².